The molecule has 1 saturated heterocycles. The van der Waals surface area contributed by atoms with E-state index in [0.29, 0.717) is 51.5 Å². The van der Waals surface area contributed by atoms with Gasteiger partial charge in [0.05, 0.1) is 16.6 Å². The van der Waals surface area contributed by atoms with Gasteiger partial charge in [0, 0.05) is 28.8 Å². The van der Waals surface area contributed by atoms with Crippen LogP contribution in [0.15, 0.2) is 55.0 Å². The van der Waals surface area contributed by atoms with Crippen LogP contribution in [0.3, 0.4) is 0 Å². The Kier molecular flexibility index (Phi) is 5.66. The number of anilines is 2. The molecular formula is C28H24N6O3. The number of pyridine rings is 1. The third kappa shape index (κ3) is 4.55. The topological polar surface area (TPSA) is 115 Å². The quantitative estimate of drug-likeness (QED) is 0.230. The maximum absolute atomic E-state index is 11.9. The first-order valence-electron chi connectivity index (χ1n) is 12.1. The van der Waals surface area contributed by atoms with Gasteiger partial charge in [0.2, 0.25) is 0 Å². The summed E-state index contributed by atoms with van der Waals surface area (Å²) >= 11 is 0. The van der Waals surface area contributed by atoms with Crippen molar-refractivity contribution >= 4 is 28.1 Å². The predicted octanol–water partition coefficient (Wildman–Crippen LogP) is 4.90. The molecule has 2 aromatic carbocycles. The number of piperidine rings is 1. The van der Waals surface area contributed by atoms with Gasteiger partial charge >= 0.3 is 0 Å². The second-order valence-corrected chi connectivity index (χ2v) is 9.49. The minimum atomic E-state index is -0.397. The third-order valence-electron chi connectivity index (χ3n) is 6.96. The number of rotatable bonds is 5. The number of nitro groups is 1. The summed E-state index contributed by atoms with van der Waals surface area (Å²) in [4.78, 5) is 24.5. The zero-order valence-electron chi connectivity index (χ0n) is 20.4. The second kappa shape index (κ2) is 9.15. The molecule has 1 aliphatic carbocycles. The van der Waals surface area contributed by atoms with Crippen LogP contribution in [0.5, 0.6) is 11.5 Å². The fourth-order valence-corrected chi connectivity index (χ4v) is 4.86. The highest BCUT2D eigenvalue weighted by atomic mass is 16.6. The Bertz CT molecular complexity index is 1580. The van der Waals surface area contributed by atoms with Gasteiger partial charge in [0.1, 0.15) is 29.2 Å². The number of aryl methyl sites for hydroxylation is 2. The third-order valence-corrected chi connectivity index (χ3v) is 6.96. The van der Waals surface area contributed by atoms with Crippen molar-refractivity contribution in [3.8, 4) is 23.3 Å². The zero-order chi connectivity index (χ0) is 25.5. The number of hydrogen-bond donors (Lipinski definition) is 2. The van der Waals surface area contributed by atoms with E-state index in [-0.39, 0.29) is 5.69 Å². The first kappa shape index (κ1) is 22.9. The van der Waals surface area contributed by atoms with E-state index in [9.17, 15) is 10.1 Å². The molecule has 4 aromatic rings. The molecule has 9 nitrogen and oxygen atoms in total. The van der Waals surface area contributed by atoms with Crippen LogP contribution in [-0.2, 0) is 0 Å². The molecule has 9 heteroatoms. The largest absolute Gasteiger partial charge is 0.455 e. The van der Waals surface area contributed by atoms with Crippen molar-refractivity contribution in [1.29, 1.82) is 0 Å². The van der Waals surface area contributed by atoms with Gasteiger partial charge in [-0.1, -0.05) is 11.8 Å². The summed E-state index contributed by atoms with van der Waals surface area (Å²) in [5.41, 5.74) is 3.52. The normalized spacial score (nSPS) is 19.6. The maximum Gasteiger partial charge on any atom is 0.285 e. The van der Waals surface area contributed by atoms with Crippen LogP contribution in [0.25, 0.3) is 10.9 Å². The summed E-state index contributed by atoms with van der Waals surface area (Å²) in [5.74, 6) is 9.61. The molecular weight excluding hydrogens is 468 g/mol. The smallest absolute Gasteiger partial charge is 0.285 e. The lowest BCUT2D eigenvalue weighted by molar-refractivity contribution is -0.385. The van der Waals surface area contributed by atoms with Crippen LogP contribution in [0.4, 0.5) is 17.2 Å². The highest BCUT2D eigenvalue weighted by Gasteiger charge is 2.51. The molecule has 2 N–H and O–H groups in total. The number of aromatic nitrogens is 3. The van der Waals surface area contributed by atoms with E-state index >= 15 is 0 Å². The summed E-state index contributed by atoms with van der Waals surface area (Å²) in [7, 11) is 0. The van der Waals surface area contributed by atoms with E-state index in [0.717, 1.165) is 30.0 Å². The monoisotopic (exact) mass is 492 g/mol. The first-order valence-corrected chi connectivity index (χ1v) is 12.1. The van der Waals surface area contributed by atoms with Crippen molar-refractivity contribution in [3.63, 3.8) is 0 Å². The molecule has 3 heterocycles. The van der Waals surface area contributed by atoms with Crippen molar-refractivity contribution in [2.24, 2.45) is 17.8 Å². The Morgan fingerprint density at radius 2 is 1.92 bits per heavy atom. The number of nitrogens with zero attached hydrogens (tertiary/aromatic N) is 4. The first-order chi connectivity index (χ1) is 18.0. The van der Waals surface area contributed by atoms with Crippen LogP contribution in [0.2, 0.25) is 0 Å². The van der Waals surface area contributed by atoms with Crippen LogP contribution in [-0.4, -0.2) is 33.0 Å². The van der Waals surface area contributed by atoms with Gasteiger partial charge in [-0.3, -0.25) is 15.1 Å². The van der Waals surface area contributed by atoms with E-state index in [1.165, 1.54) is 12.4 Å². The van der Waals surface area contributed by atoms with E-state index in [1.54, 1.807) is 12.3 Å². The Balaban J connectivity index is 1.27. The Morgan fingerprint density at radius 3 is 2.65 bits per heavy atom. The highest BCUT2D eigenvalue weighted by Crippen LogP contribution is 2.48. The SMILES string of the molecule is Cc1ccc(Oc2ccc(Nc3ncnc4cc(C#CC5[C@H]6CNC[C@@H]56)c([N+](=O)[O-])cc34)cc2C)cn1. The molecule has 0 radical (unpaired) electrons. The molecule has 0 spiro atoms. The molecule has 0 amide bonds. The number of hydrogen-bond acceptors (Lipinski definition) is 8. The summed E-state index contributed by atoms with van der Waals surface area (Å²) < 4.78 is 5.96. The lowest BCUT2D eigenvalue weighted by Crippen LogP contribution is -2.13. The fraction of sp³-hybridized carbons (Fsp3) is 0.250. The van der Waals surface area contributed by atoms with E-state index in [1.807, 2.05) is 44.2 Å². The molecule has 2 aromatic heterocycles. The molecule has 2 fully saturated rings. The molecule has 2 aliphatic rings. The number of nitro benzene ring substituents is 1. The van der Waals surface area contributed by atoms with Crippen LogP contribution in [0, 0.1) is 53.6 Å². The Hall–Kier alpha value is -4.55. The van der Waals surface area contributed by atoms with E-state index in [2.05, 4.69) is 37.4 Å². The maximum atomic E-state index is 11.9. The standard InChI is InChI=1S/C28H24N6O3/c1-16-9-19(5-8-27(16)37-20-6-3-17(2)30-12-20)33-28-22-11-26(34(35)36)18(10-25(22)31-15-32-28)4-7-21-23-13-29-14-24(21)23/h3,5-6,8-12,15,21,23-24,29H,13-14H2,1-2H3,(H,31,32,33)/t21?,23-,24+. The Morgan fingerprint density at radius 1 is 1.08 bits per heavy atom. The lowest BCUT2D eigenvalue weighted by atomic mass is 10.1. The van der Waals surface area contributed by atoms with Gasteiger partial charge in [0.25, 0.3) is 5.69 Å². The van der Waals surface area contributed by atoms with Gasteiger partial charge in [-0.15, -0.1) is 0 Å². The molecule has 37 heavy (non-hydrogen) atoms. The van der Waals surface area contributed by atoms with E-state index in [4.69, 9.17) is 4.74 Å². The van der Waals surface area contributed by atoms with Crippen molar-refractivity contribution < 1.29 is 9.66 Å². The zero-order valence-corrected chi connectivity index (χ0v) is 20.4. The molecule has 1 unspecified atom stereocenters. The minimum Gasteiger partial charge on any atom is -0.455 e. The number of fused-ring (bicyclic) bond motifs is 2. The summed E-state index contributed by atoms with van der Waals surface area (Å²) in [6.07, 6.45) is 3.13. The van der Waals surface area contributed by atoms with E-state index < -0.39 is 4.92 Å². The average molecular weight is 493 g/mol. The van der Waals surface area contributed by atoms with Crippen LogP contribution >= 0.6 is 0 Å². The molecule has 0 bridgehead atoms. The van der Waals surface area contributed by atoms with Gasteiger partial charge < -0.3 is 15.4 Å². The number of nitrogens with one attached hydrogen (secondary N) is 2. The average Bonchev–Trinajstić information content (AvgIpc) is 3.30. The Labute approximate surface area is 213 Å². The summed E-state index contributed by atoms with van der Waals surface area (Å²) in [6.45, 7) is 5.81. The lowest BCUT2D eigenvalue weighted by Gasteiger charge is -2.12. The van der Waals surface area contributed by atoms with Crippen molar-refractivity contribution in [1.82, 2.24) is 20.3 Å². The van der Waals surface area contributed by atoms with Crippen molar-refractivity contribution in [2.75, 3.05) is 18.4 Å². The summed E-state index contributed by atoms with van der Waals surface area (Å²) in [5, 5.41) is 19.1. The molecule has 1 saturated carbocycles. The van der Waals surface area contributed by atoms with Crippen LogP contribution in [0.1, 0.15) is 16.8 Å². The molecule has 1 aliphatic heterocycles. The van der Waals surface area contributed by atoms with Gasteiger partial charge in [-0.2, -0.15) is 0 Å². The summed E-state index contributed by atoms with van der Waals surface area (Å²) in [6, 6.07) is 12.6. The minimum absolute atomic E-state index is 0.0478. The van der Waals surface area contributed by atoms with Gasteiger partial charge in [-0.05, 0) is 80.7 Å². The molecule has 184 valence electrons. The highest BCUT2D eigenvalue weighted by molar-refractivity contribution is 5.93. The van der Waals surface area contributed by atoms with Gasteiger partial charge in [0.15, 0.2) is 0 Å². The van der Waals surface area contributed by atoms with Crippen LogP contribution < -0.4 is 15.4 Å². The fourth-order valence-electron chi connectivity index (χ4n) is 4.86. The van der Waals surface area contributed by atoms with Crippen molar-refractivity contribution in [3.05, 3.63) is 81.9 Å². The number of benzene rings is 2. The molecule has 3 atom stereocenters. The molecule has 6 rings (SSSR count). The second-order valence-electron chi connectivity index (χ2n) is 9.49. The van der Waals surface area contributed by atoms with Gasteiger partial charge in [-0.25, -0.2) is 9.97 Å². The predicted molar refractivity (Wildman–Crippen MR) is 140 cm³/mol. The number of ether oxygens (including phenoxy) is 1. The van der Waals surface area contributed by atoms with Crippen molar-refractivity contribution in [2.45, 2.75) is 13.8 Å².